The van der Waals surface area contributed by atoms with Crippen molar-refractivity contribution in [2.75, 3.05) is 18.2 Å². The van der Waals surface area contributed by atoms with Gasteiger partial charge in [0.2, 0.25) is 5.91 Å². The molecule has 168 valence electrons. The number of aryl methyl sites for hydroxylation is 2. The Hall–Kier alpha value is -3.26. The van der Waals surface area contributed by atoms with Crippen molar-refractivity contribution in [3.8, 4) is 11.5 Å². The Morgan fingerprint density at radius 1 is 1.19 bits per heavy atom. The number of benzene rings is 2. The number of allylic oxidation sites excluding steroid dienone is 1. The highest BCUT2D eigenvalue weighted by Crippen LogP contribution is 2.23. The standard InChI is InChI=1S/C24H28N4O3S/c1-5-14-28-21(15-31-20-12-10-19(30-4)11-13-20)26-27-24(28)32-16-22(29)25-23-17(3)8-7-9-18(23)6-2/h5,7-13H,1,6,14-16H2,2-4H3,(H,25,29). The van der Waals surface area contributed by atoms with Gasteiger partial charge in [-0.25, -0.2) is 0 Å². The molecule has 8 heteroatoms. The van der Waals surface area contributed by atoms with E-state index in [-0.39, 0.29) is 18.3 Å². The number of thioether (sulfide) groups is 1. The first-order valence-corrected chi connectivity index (χ1v) is 11.3. The maximum absolute atomic E-state index is 12.6. The average molecular weight is 453 g/mol. The lowest BCUT2D eigenvalue weighted by molar-refractivity contribution is -0.113. The molecule has 32 heavy (non-hydrogen) atoms. The molecule has 0 aliphatic heterocycles. The number of amides is 1. The van der Waals surface area contributed by atoms with Crippen LogP contribution in [0.15, 0.2) is 60.3 Å². The Bertz CT molecular complexity index is 1060. The highest BCUT2D eigenvalue weighted by molar-refractivity contribution is 7.99. The van der Waals surface area contributed by atoms with E-state index in [4.69, 9.17) is 9.47 Å². The van der Waals surface area contributed by atoms with Crippen LogP contribution in [-0.4, -0.2) is 33.5 Å². The fraction of sp³-hybridized carbons (Fsp3) is 0.292. The van der Waals surface area contributed by atoms with Gasteiger partial charge >= 0.3 is 0 Å². The van der Waals surface area contributed by atoms with Crippen molar-refractivity contribution >= 4 is 23.4 Å². The molecule has 3 rings (SSSR count). The lowest BCUT2D eigenvalue weighted by Crippen LogP contribution is -2.17. The Kier molecular flexibility index (Phi) is 8.33. The molecule has 7 nitrogen and oxygen atoms in total. The second-order valence-corrected chi connectivity index (χ2v) is 8.00. The number of anilines is 1. The molecule has 0 fully saturated rings. The molecular formula is C24H28N4O3S. The number of nitrogens with zero attached hydrogens (tertiary/aromatic N) is 3. The van der Waals surface area contributed by atoms with Crippen molar-refractivity contribution in [1.82, 2.24) is 14.8 Å². The van der Waals surface area contributed by atoms with Gasteiger partial charge in [-0.3, -0.25) is 9.36 Å². The fourth-order valence-corrected chi connectivity index (χ4v) is 3.94. The van der Waals surface area contributed by atoms with Gasteiger partial charge in [-0.2, -0.15) is 0 Å². The molecule has 0 saturated carbocycles. The van der Waals surface area contributed by atoms with Crippen molar-refractivity contribution in [2.24, 2.45) is 0 Å². The number of para-hydroxylation sites is 1. The smallest absolute Gasteiger partial charge is 0.234 e. The minimum absolute atomic E-state index is 0.0804. The van der Waals surface area contributed by atoms with Gasteiger partial charge in [0.15, 0.2) is 11.0 Å². The van der Waals surface area contributed by atoms with Crippen LogP contribution in [0.1, 0.15) is 23.9 Å². The molecule has 2 aromatic carbocycles. The molecule has 0 unspecified atom stereocenters. The monoisotopic (exact) mass is 452 g/mol. The molecule has 0 saturated heterocycles. The summed E-state index contributed by atoms with van der Waals surface area (Å²) >= 11 is 1.34. The molecule has 0 radical (unpaired) electrons. The quantitative estimate of drug-likeness (QED) is 0.337. The summed E-state index contributed by atoms with van der Waals surface area (Å²) in [6.07, 6.45) is 2.63. The van der Waals surface area contributed by atoms with Crippen LogP contribution in [0.3, 0.4) is 0 Å². The van der Waals surface area contributed by atoms with Gasteiger partial charge in [-0.15, -0.1) is 16.8 Å². The molecule has 0 aliphatic carbocycles. The van der Waals surface area contributed by atoms with E-state index in [0.717, 1.165) is 29.0 Å². The number of hydrogen-bond acceptors (Lipinski definition) is 6. The lowest BCUT2D eigenvalue weighted by atomic mass is 10.1. The van der Waals surface area contributed by atoms with Crippen LogP contribution >= 0.6 is 11.8 Å². The molecule has 0 atom stereocenters. The van der Waals surface area contributed by atoms with E-state index in [2.05, 4.69) is 29.0 Å². The number of methoxy groups -OCH3 is 1. The van der Waals surface area contributed by atoms with Crippen LogP contribution in [0.2, 0.25) is 0 Å². The van der Waals surface area contributed by atoms with Gasteiger partial charge < -0.3 is 14.8 Å². The molecule has 0 aliphatic rings. The molecule has 1 N–H and O–H groups in total. The number of carbonyl (C=O) groups is 1. The van der Waals surface area contributed by atoms with Crippen LogP contribution in [0.4, 0.5) is 5.69 Å². The number of ether oxygens (including phenoxy) is 2. The minimum atomic E-state index is -0.0804. The van der Waals surface area contributed by atoms with E-state index in [1.807, 2.05) is 54.0 Å². The van der Waals surface area contributed by atoms with Crippen LogP contribution in [0, 0.1) is 6.92 Å². The summed E-state index contributed by atoms with van der Waals surface area (Å²) in [5.41, 5.74) is 3.06. The third-order valence-corrected chi connectivity index (χ3v) is 5.84. The highest BCUT2D eigenvalue weighted by Gasteiger charge is 2.15. The van der Waals surface area contributed by atoms with Crippen molar-refractivity contribution in [2.45, 2.75) is 38.6 Å². The topological polar surface area (TPSA) is 78.3 Å². The highest BCUT2D eigenvalue weighted by atomic mass is 32.2. The number of rotatable bonds is 11. The van der Waals surface area contributed by atoms with Gasteiger partial charge in [-0.1, -0.05) is 43.0 Å². The maximum Gasteiger partial charge on any atom is 0.234 e. The zero-order valence-electron chi connectivity index (χ0n) is 18.6. The maximum atomic E-state index is 12.6. The molecule has 3 aromatic rings. The number of hydrogen-bond donors (Lipinski definition) is 1. The summed E-state index contributed by atoms with van der Waals surface area (Å²) in [4.78, 5) is 12.6. The summed E-state index contributed by atoms with van der Waals surface area (Å²) in [5.74, 6) is 2.28. The van der Waals surface area contributed by atoms with Crippen molar-refractivity contribution < 1.29 is 14.3 Å². The second-order valence-electron chi connectivity index (χ2n) is 7.06. The van der Waals surface area contributed by atoms with Gasteiger partial charge in [0.25, 0.3) is 0 Å². The molecule has 0 bridgehead atoms. The van der Waals surface area contributed by atoms with Crippen LogP contribution in [0.25, 0.3) is 0 Å². The van der Waals surface area contributed by atoms with Crippen LogP contribution < -0.4 is 14.8 Å². The van der Waals surface area contributed by atoms with Crippen LogP contribution in [-0.2, 0) is 24.4 Å². The average Bonchev–Trinajstić information content (AvgIpc) is 3.19. The number of nitrogens with one attached hydrogen (secondary N) is 1. The Labute approximate surface area is 192 Å². The van der Waals surface area contributed by atoms with Crippen molar-refractivity contribution in [3.05, 3.63) is 72.1 Å². The minimum Gasteiger partial charge on any atom is -0.497 e. The Morgan fingerprint density at radius 3 is 2.62 bits per heavy atom. The molecular weight excluding hydrogens is 424 g/mol. The SMILES string of the molecule is C=CCn1c(COc2ccc(OC)cc2)nnc1SCC(=O)Nc1c(C)cccc1CC. The zero-order chi connectivity index (χ0) is 22.9. The van der Waals surface area contributed by atoms with Gasteiger partial charge in [0, 0.05) is 12.2 Å². The van der Waals surface area contributed by atoms with E-state index in [0.29, 0.717) is 23.3 Å². The number of aromatic nitrogens is 3. The largest absolute Gasteiger partial charge is 0.497 e. The third-order valence-electron chi connectivity index (χ3n) is 4.87. The van der Waals surface area contributed by atoms with E-state index in [1.165, 1.54) is 11.8 Å². The molecule has 1 amide bonds. The molecule has 1 aromatic heterocycles. The Balaban J connectivity index is 1.63. The summed E-state index contributed by atoms with van der Waals surface area (Å²) in [7, 11) is 1.62. The van der Waals surface area contributed by atoms with Crippen molar-refractivity contribution in [3.63, 3.8) is 0 Å². The second kappa shape index (κ2) is 11.4. The summed E-state index contributed by atoms with van der Waals surface area (Å²) in [6.45, 7) is 8.67. The van der Waals surface area contributed by atoms with Gasteiger partial charge in [-0.05, 0) is 48.7 Å². The van der Waals surface area contributed by atoms with Gasteiger partial charge in [0.1, 0.15) is 18.1 Å². The first-order valence-electron chi connectivity index (χ1n) is 10.4. The molecule has 1 heterocycles. The summed E-state index contributed by atoms with van der Waals surface area (Å²) < 4.78 is 12.9. The first-order chi connectivity index (χ1) is 15.5. The number of carbonyl (C=O) groups excluding carboxylic acids is 1. The predicted octanol–water partition coefficient (Wildman–Crippen LogP) is 4.65. The predicted molar refractivity (Wildman–Crippen MR) is 127 cm³/mol. The summed E-state index contributed by atoms with van der Waals surface area (Å²) in [5, 5.41) is 12.2. The normalized spacial score (nSPS) is 10.6. The zero-order valence-corrected chi connectivity index (χ0v) is 19.4. The fourth-order valence-electron chi connectivity index (χ4n) is 3.17. The first kappa shape index (κ1) is 23.4. The van der Waals surface area contributed by atoms with E-state index in [1.54, 1.807) is 13.2 Å². The lowest BCUT2D eigenvalue weighted by Gasteiger charge is -2.13. The van der Waals surface area contributed by atoms with Crippen molar-refractivity contribution in [1.29, 1.82) is 0 Å². The van der Waals surface area contributed by atoms with Crippen LogP contribution in [0.5, 0.6) is 11.5 Å². The van der Waals surface area contributed by atoms with E-state index in [9.17, 15) is 4.79 Å². The molecule has 0 spiro atoms. The van der Waals surface area contributed by atoms with E-state index < -0.39 is 0 Å². The van der Waals surface area contributed by atoms with Gasteiger partial charge in [0.05, 0.1) is 12.9 Å². The third kappa shape index (κ3) is 5.91. The Morgan fingerprint density at radius 2 is 1.94 bits per heavy atom. The summed E-state index contributed by atoms with van der Waals surface area (Å²) in [6, 6.07) is 13.4. The van der Waals surface area contributed by atoms with E-state index >= 15 is 0 Å².